The number of carbonyl (C=O) groups is 1. The highest BCUT2D eigenvalue weighted by atomic mass is 35.5. The molecule has 1 aromatic heterocycles. The predicted molar refractivity (Wildman–Crippen MR) is 70.7 cm³/mol. The number of nitrogen functional groups attached to an aromatic ring is 1. The summed E-state index contributed by atoms with van der Waals surface area (Å²) in [6.45, 7) is 0.0970. The minimum atomic E-state index is -3.72. The van der Waals surface area contributed by atoms with E-state index in [9.17, 15) is 13.2 Å². The van der Waals surface area contributed by atoms with E-state index < -0.39 is 15.9 Å². The molecule has 19 heavy (non-hydrogen) atoms. The monoisotopic (exact) mass is 307 g/mol. The molecule has 1 aromatic rings. The minimum Gasteiger partial charge on any atom is -0.370 e. The van der Waals surface area contributed by atoms with Gasteiger partial charge in [0.2, 0.25) is 15.9 Å². The van der Waals surface area contributed by atoms with Crippen molar-refractivity contribution in [2.75, 3.05) is 12.0 Å². The first-order chi connectivity index (χ1) is 8.86. The average Bonchev–Trinajstić information content (AvgIpc) is 2.34. The van der Waals surface area contributed by atoms with Crippen LogP contribution in [0, 0.1) is 0 Å². The second-order valence-electron chi connectivity index (χ2n) is 3.61. The number of hydrogen-bond acceptors (Lipinski definition) is 6. The van der Waals surface area contributed by atoms with Crippen LogP contribution in [-0.4, -0.2) is 25.9 Å². The van der Waals surface area contributed by atoms with Gasteiger partial charge in [0.15, 0.2) is 5.82 Å². The van der Waals surface area contributed by atoms with E-state index in [1.807, 2.05) is 0 Å². The molecule has 0 aliphatic heterocycles. The number of nitrogens with zero attached hydrogens (tertiary/aromatic N) is 1. The van der Waals surface area contributed by atoms with Crippen molar-refractivity contribution in [3.05, 3.63) is 17.3 Å². The van der Waals surface area contributed by atoms with E-state index in [1.165, 1.54) is 6.07 Å². The first-order valence-corrected chi connectivity index (χ1v) is 7.13. The smallest absolute Gasteiger partial charge is 0.242 e. The molecule has 0 bridgehead atoms. The third-order valence-electron chi connectivity index (χ3n) is 2.16. The maximum atomic E-state index is 11.9. The standard InChI is InChI=1S/C9H14ClN5O3S/c10-7-4-6(5-13-9(7)15-12)19(17,18)14-3-1-2-8(11)16/h4-5,14H,1-3,12H2,(H2,11,16)(H,13,15). The zero-order valence-corrected chi connectivity index (χ0v) is 11.5. The van der Waals surface area contributed by atoms with Gasteiger partial charge in [0.1, 0.15) is 4.90 Å². The van der Waals surface area contributed by atoms with Crippen molar-refractivity contribution >= 4 is 33.3 Å². The molecule has 0 saturated heterocycles. The normalized spacial score (nSPS) is 11.3. The van der Waals surface area contributed by atoms with Gasteiger partial charge < -0.3 is 11.2 Å². The van der Waals surface area contributed by atoms with Gasteiger partial charge in [-0.2, -0.15) is 0 Å². The molecule has 0 aliphatic carbocycles. The van der Waals surface area contributed by atoms with Crippen molar-refractivity contribution in [1.82, 2.24) is 9.71 Å². The maximum Gasteiger partial charge on any atom is 0.242 e. The topological polar surface area (TPSA) is 140 Å². The number of carbonyl (C=O) groups excluding carboxylic acids is 1. The molecule has 6 N–H and O–H groups in total. The molecular weight excluding hydrogens is 294 g/mol. The first kappa shape index (κ1) is 15.6. The Morgan fingerprint density at radius 2 is 2.16 bits per heavy atom. The van der Waals surface area contributed by atoms with Crippen molar-refractivity contribution < 1.29 is 13.2 Å². The van der Waals surface area contributed by atoms with E-state index >= 15 is 0 Å². The largest absolute Gasteiger partial charge is 0.370 e. The van der Waals surface area contributed by atoms with Crippen LogP contribution >= 0.6 is 11.6 Å². The summed E-state index contributed by atoms with van der Waals surface area (Å²) < 4.78 is 26.0. The summed E-state index contributed by atoms with van der Waals surface area (Å²) in [6, 6.07) is 1.22. The highest BCUT2D eigenvalue weighted by Gasteiger charge is 2.16. The summed E-state index contributed by atoms with van der Waals surface area (Å²) in [5.74, 6) is 4.82. The highest BCUT2D eigenvalue weighted by molar-refractivity contribution is 7.89. The molecule has 10 heteroatoms. The van der Waals surface area contributed by atoms with Crippen LogP contribution in [-0.2, 0) is 14.8 Å². The minimum absolute atomic E-state index is 0.0857. The Balaban J connectivity index is 2.72. The lowest BCUT2D eigenvalue weighted by Gasteiger charge is -2.08. The number of amides is 1. The van der Waals surface area contributed by atoms with E-state index in [2.05, 4.69) is 15.1 Å². The second kappa shape index (κ2) is 6.66. The molecule has 0 spiro atoms. The fourth-order valence-electron chi connectivity index (χ4n) is 1.23. The average molecular weight is 308 g/mol. The van der Waals surface area contributed by atoms with Crippen LogP contribution in [0.25, 0.3) is 0 Å². The van der Waals surface area contributed by atoms with Gasteiger partial charge in [-0.1, -0.05) is 11.6 Å². The Kier molecular flexibility index (Phi) is 5.48. The Labute approximate surface area is 115 Å². The van der Waals surface area contributed by atoms with Crippen LogP contribution in [0.5, 0.6) is 0 Å². The van der Waals surface area contributed by atoms with Crippen LogP contribution in [0.15, 0.2) is 17.2 Å². The number of pyridine rings is 1. The number of hydrazine groups is 1. The number of nitrogens with two attached hydrogens (primary N) is 2. The summed E-state index contributed by atoms with van der Waals surface area (Å²) in [6.07, 6.45) is 1.55. The van der Waals surface area contributed by atoms with Crippen molar-refractivity contribution in [3.63, 3.8) is 0 Å². The number of primary amides is 1. The van der Waals surface area contributed by atoms with Gasteiger partial charge in [-0.15, -0.1) is 0 Å². The van der Waals surface area contributed by atoms with Crippen LogP contribution in [0.2, 0.25) is 5.02 Å². The summed E-state index contributed by atoms with van der Waals surface area (Å²) in [4.78, 5) is 14.2. The SMILES string of the molecule is NNc1ncc(S(=O)(=O)NCCCC(N)=O)cc1Cl. The molecule has 1 heterocycles. The van der Waals surface area contributed by atoms with Crippen LogP contribution in [0.1, 0.15) is 12.8 Å². The van der Waals surface area contributed by atoms with E-state index in [1.54, 1.807) is 0 Å². The molecule has 0 fully saturated rings. The quantitative estimate of drug-likeness (QED) is 0.306. The zero-order valence-electron chi connectivity index (χ0n) is 9.89. The summed E-state index contributed by atoms with van der Waals surface area (Å²) in [5.41, 5.74) is 7.17. The fourth-order valence-corrected chi connectivity index (χ4v) is 2.56. The molecule has 0 aliphatic rings. The zero-order chi connectivity index (χ0) is 14.5. The summed E-state index contributed by atoms with van der Waals surface area (Å²) in [5, 5.41) is 0.0857. The molecule has 0 atom stereocenters. The Bertz CT molecular complexity index is 563. The van der Waals surface area contributed by atoms with E-state index in [-0.39, 0.29) is 28.7 Å². The molecule has 0 aromatic carbocycles. The van der Waals surface area contributed by atoms with E-state index in [4.69, 9.17) is 23.2 Å². The highest BCUT2D eigenvalue weighted by Crippen LogP contribution is 2.21. The summed E-state index contributed by atoms with van der Waals surface area (Å²) in [7, 11) is -3.72. The van der Waals surface area contributed by atoms with Crippen molar-refractivity contribution in [3.8, 4) is 0 Å². The molecule has 8 nitrogen and oxygen atoms in total. The lowest BCUT2D eigenvalue weighted by Crippen LogP contribution is -2.26. The third kappa shape index (κ3) is 4.63. The predicted octanol–water partition coefficient (Wildman–Crippen LogP) is -0.436. The number of sulfonamides is 1. The lowest BCUT2D eigenvalue weighted by molar-refractivity contribution is -0.118. The number of rotatable bonds is 7. The molecule has 0 radical (unpaired) electrons. The first-order valence-electron chi connectivity index (χ1n) is 5.27. The number of hydrogen-bond donors (Lipinski definition) is 4. The number of nitrogens with one attached hydrogen (secondary N) is 2. The fraction of sp³-hybridized carbons (Fsp3) is 0.333. The van der Waals surface area contributed by atoms with Gasteiger partial charge in [0, 0.05) is 19.2 Å². The van der Waals surface area contributed by atoms with Gasteiger partial charge in [-0.05, 0) is 12.5 Å². The Hall–Kier alpha value is -1.42. The molecule has 1 amide bonds. The molecule has 0 unspecified atom stereocenters. The number of halogens is 1. The number of aromatic nitrogens is 1. The van der Waals surface area contributed by atoms with Gasteiger partial charge in [0.25, 0.3) is 0 Å². The molecule has 1 rings (SSSR count). The lowest BCUT2D eigenvalue weighted by atomic mass is 10.3. The van der Waals surface area contributed by atoms with Gasteiger partial charge >= 0.3 is 0 Å². The van der Waals surface area contributed by atoms with Crippen molar-refractivity contribution in [1.29, 1.82) is 0 Å². The maximum absolute atomic E-state index is 11.9. The van der Waals surface area contributed by atoms with Crippen molar-refractivity contribution in [2.24, 2.45) is 11.6 Å². The Morgan fingerprint density at radius 1 is 1.47 bits per heavy atom. The molecule has 0 saturated carbocycles. The van der Waals surface area contributed by atoms with Crippen LogP contribution in [0.4, 0.5) is 5.82 Å². The van der Waals surface area contributed by atoms with Gasteiger partial charge in [-0.25, -0.2) is 24.0 Å². The van der Waals surface area contributed by atoms with E-state index in [0.29, 0.717) is 6.42 Å². The molecule has 106 valence electrons. The molecular formula is C9H14ClN5O3S. The van der Waals surface area contributed by atoms with Gasteiger partial charge in [0.05, 0.1) is 5.02 Å². The van der Waals surface area contributed by atoms with Gasteiger partial charge in [-0.3, -0.25) is 4.79 Å². The van der Waals surface area contributed by atoms with Crippen molar-refractivity contribution in [2.45, 2.75) is 17.7 Å². The second-order valence-corrected chi connectivity index (χ2v) is 5.79. The summed E-state index contributed by atoms with van der Waals surface area (Å²) >= 11 is 5.78. The number of anilines is 1. The van der Waals surface area contributed by atoms with Crippen LogP contribution < -0.4 is 21.7 Å². The Morgan fingerprint density at radius 3 is 2.68 bits per heavy atom. The third-order valence-corrected chi connectivity index (χ3v) is 3.87. The van der Waals surface area contributed by atoms with E-state index in [0.717, 1.165) is 6.20 Å². The van der Waals surface area contributed by atoms with Crippen LogP contribution in [0.3, 0.4) is 0 Å².